The standard InChI is InChI=1S/C13H7BrN2O2/c14-11-6-9(8-17)4-5-12(11)18-13-3-1-2-10(7-15)16-13/h1-6,8H. The molecule has 5 heteroatoms. The molecule has 2 aromatic rings. The van der Waals surface area contributed by atoms with E-state index >= 15 is 0 Å². The number of benzene rings is 1. The Kier molecular flexibility index (Phi) is 3.70. The van der Waals surface area contributed by atoms with Crippen LogP contribution in [0.25, 0.3) is 0 Å². The Bertz CT molecular complexity index is 635. The molecule has 0 saturated carbocycles. The van der Waals surface area contributed by atoms with Crippen molar-refractivity contribution in [2.24, 2.45) is 0 Å². The van der Waals surface area contributed by atoms with Crippen LogP contribution >= 0.6 is 15.9 Å². The van der Waals surface area contributed by atoms with E-state index in [1.54, 1.807) is 36.4 Å². The molecule has 0 amide bonds. The van der Waals surface area contributed by atoms with Gasteiger partial charge in [0.15, 0.2) is 0 Å². The first kappa shape index (κ1) is 12.3. The average Bonchev–Trinajstić information content (AvgIpc) is 2.41. The molecule has 0 radical (unpaired) electrons. The van der Waals surface area contributed by atoms with E-state index in [1.807, 2.05) is 6.07 Å². The summed E-state index contributed by atoms with van der Waals surface area (Å²) in [4.78, 5) is 14.6. The molecule has 0 aliphatic rings. The lowest BCUT2D eigenvalue weighted by Gasteiger charge is -2.07. The van der Waals surface area contributed by atoms with Crippen LogP contribution in [0.1, 0.15) is 16.1 Å². The molecule has 0 aliphatic heterocycles. The molecule has 0 fully saturated rings. The van der Waals surface area contributed by atoms with Crippen LogP contribution < -0.4 is 4.74 Å². The van der Waals surface area contributed by atoms with Gasteiger partial charge in [-0.15, -0.1) is 0 Å². The Morgan fingerprint density at radius 1 is 1.33 bits per heavy atom. The molecule has 2 rings (SSSR count). The molecule has 1 heterocycles. The van der Waals surface area contributed by atoms with E-state index in [9.17, 15) is 4.79 Å². The minimum Gasteiger partial charge on any atom is -0.438 e. The van der Waals surface area contributed by atoms with Crippen molar-refractivity contribution in [2.45, 2.75) is 0 Å². The van der Waals surface area contributed by atoms with E-state index < -0.39 is 0 Å². The van der Waals surface area contributed by atoms with Crippen molar-refractivity contribution in [1.82, 2.24) is 4.98 Å². The molecule has 18 heavy (non-hydrogen) atoms. The first-order chi connectivity index (χ1) is 8.72. The summed E-state index contributed by atoms with van der Waals surface area (Å²) in [6.07, 6.45) is 0.753. The van der Waals surface area contributed by atoms with Crippen LogP contribution in [0.15, 0.2) is 40.9 Å². The Morgan fingerprint density at radius 2 is 2.17 bits per heavy atom. The lowest BCUT2D eigenvalue weighted by Crippen LogP contribution is -1.91. The third-order valence-corrected chi connectivity index (χ3v) is 2.76. The van der Waals surface area contributed by atoms with E-state index in [2.05, 4.69) is 20.9 Å². The Balaban J connectivity index is 2.28. The Hall–Kier alpha value is -2.19. The summed E-state index contributed by atoms with van der Waals surface area (Å²) in [5, 5.41) is 8.73. The van der Waals surface area contributed by atoms with E-state index in [-0.39, 0.29) is 5.69 Å². The van der Waals surface area contributed by atoms with E-state index in [1.165, 1.54) is 0 Å². The fourth-order valence-corrected chi connectivity index (χ4v) is 1.80. The first-order valence-corrected chi connectivity index (χ1v) is 5.82. The number of nitrogens with zero attached hydrogens (tertiary/aromatic N) is 2. The molecule has 1 aromatic heterocycles. The topological polar surface area (TPSA) is 63.0 Å². The molecule has 0 unspecified atom stereocenters. The van der Waals surface area contributed by atoms with Crippen molar-refractivity contribution < 1.29 is 9.53 Å². The summed E-state index contributed by atoms with van der Waals surface area (Å²) in [7, 11) is 0. The van der Waals surface area contributed by atoms with Crippen LogP contribution in [0.4, 0.5) is 0 Å². The predicted octanol–water partition coefficient (Wildman–Crippen LogP) is 3.32. The van der Waals surface area contributed by atoms with Gasteiger partial charge in [0, 0.05) is 11.6 Å². The average molecular weight is 303 g/mol. The normalized spacial score (nSPS) is 9.56. The highest BCUT2D eigenvalue weighted by Crippen LogP contribution is 2.29. The summed E-state index contributed by atoms with van der Waals surface area (Å²) in [5.74, 6) is 0.858. The molecule has 1 aromatic carbocycles. The summed E-state index contributed by atoms with van der Waals surface area (Å²) in [5.41, 5.74) is 0.834. The highest BCUT2D eigenvalue weighted by Gasteiger charge is 2.05. The van der Waals surface area contributed by atoms with Gasteiger partial charge in [0.1, 0.15) is 23.8 Å². The molecule has 88 valence electrons. The second-order valence-corrected chi connectivity index (χ2v) is 4.24. The van der Waals surface area contributed by atoms with Crippen LogP contribution in [0.3, 0.4) is 0 Å². The number of rotatable bonds is 3. The Morgan fingerprint density at radius 3 is 2.83 bits per heavy atom. The van der Waals surface area contributed by atoms with Crippen LogP contribution in [0, 0.1) is 11.3 Å². The van der Waals surface area contributed by atoms with Gasteiger partial charge >= 0.3 is 0 Å². The van der Waals surface area contributed by atoms with Crippen molar-refractivity contribution in [3.63, 3.8) is 0 Å². The molecule has 0 N–H and O–H groups in total. The molecular weight excluding hydrogens is 296 g/mol. The number of aromatic nitrogens is 1. The molecule has 0 aliphatic carbocycles. The highest BCUT2D eigenvalue weighted by atomic mass is 79.9. The van der Waals surface area contributed by atoms with Gasteiger partial charge in [-0.2, -0.15) is 5.26 Å². The molecule has 0 atom stereocenters. The number of hydrogen-bond acceptors (Lipinski definition) is 4. The second-order valence-electron chi connectivity index (χ2n) is 3.38. The summed E-state index contributed by atoms with van der Waals surface area (Å²) >= 11 is 3.30. The lowest BCUT2D eigenvalue weighted by atomic mass is 10.2. The zero-order chi connectivity index (χ0) is 13.0. The third-order valence-electron chi connectivity index (χ3n) is 2.14. The summed E-state index contributed by atoms with van der Waals surface area (Å²) in [6.45, 7) is 0. The number of carbonyl (C=O) groups excluding carboxylic acids is 1. The van der Waals surface area contributed by atoms with Gasteiger partial charge in [0.2, 0.25) is 5.88 Å². The number of ether oxygens (including phenoxy) is 1. The second kappa shape index (κ2) is 5.43. The van der Waals surface area contributed by atoms with Crippen molar-refractivity contribution in [2.75, 3.05) is 0 Å². The van der Waals surface area contributed by atoms with E-state index in [0.29, 0.717) is 21.7 Å². The number of hydrogen-bond donors (Lipinski definition) is 0. The van der Waals surface area contributed by atoms with Gasteiger partial charge in [-0.25, -0.2) is 4.98 Å². The quantitative estimate of drug-likeness (QED) is 0.816. The maximum atomic E-state index is 10.6. The van der Waals surface area contributed by atoms with Gasteiger partial charge in [0.05, 0.1) is 4.47 Å². The smallest absolute Gasteiger partial charge is 0.220 e. The maximum Gasteiger partial charge on any atom is 0.220 e. The van der Waals surface area contributed by atoms with Gasteiger partial charge in [0.25, 0.3) is 0 Å². The minimum atomic E-state index is 0.285. The van der Waals surface area contributed by atoms with E-state index in [4.69, 9.17) is 10.00 Å². The van der Waals surface area contributed by atoms with Gasteiger partial charge in [-0.1, -0.05) is 6.07 Å². The predicted molar refractivity (Wildman–Crippen MR) is 68.6 cm³/mol. The number of carbonyl (C=O) groups is 1. The molecule has 0 spiro atoms. The van der Waals surface area contributed by atoms with Crippen LogP contribution in [-0.4, -0.2) is 11.3 Å². The van der Waals surface area contributed by atoms with E-state index in [0.717, 1.165) is 6.29 Å². The minimum absolute atomic E-state index is 0.285. The number of nitriles is 1. The molecule has 4 nitrogen and oxygen atoms in total. The maximum absolute atomic E-state index is 10.6. The summed E-state index contributed by atoms with van der Waals surface area (Å²) < 4.78 is 6.18. The monoisotopic (exact) mass is 302 g/mol. The van der Waals surface area contributed by atoms with Crippen LogP contribution in [-0.2, 0) is 0 Å². The summed E-state index contributed by atoms with van der Waals surface area (Å²) in [6, 6.07) is 11.8. The van der Waals surface area contributed by atoms with Crippen LogP contribution in [0.5, 0.6) is 11.6 Å². The zero-order valence-corrected chi connectivity index (χ0v) is 10.7. The SMILES string of the molecule is N#Cc1cccc(Oc2ccc(C=O)cc2Br)n1. The van der Waals surface area contributed by atoms with Gasteiger partial charge < -0.3 is 4.74 Å². The molecular formula is C13H7BrN2O2. The lowest BCUT2D eigenvalue weighted by molar-refractivity contribution is 0.112. The third kappa shape index (κ3) is 2.73. The van der Waals surface area contributed by atoms with Crippen molar-refractivity contribution in [1.29, 1.82) is 5.26 Å². The van der Waals surface area contributed by atoms with Crippen molar-refractivity contribution in [3.8, 4) is 17.7 Å². The largest absolute Gasteiger partial charge is 0.438 e. The van der Waals surface area contributed by atoms with Crippen molar-refractivity contribution >= 4 is 22.2 Å². The number of halogens is 1. The van der Waals surface area contributed by atoms with Gasteiger partial charge in [-0.05, 0) is 40.2 Å². The van der Waals surface area contributed by atoms with Crippen molar-refractivity contribution in [3.05, 3.63) is 52.1 Å². The van der Waals surface area contributed by atoms with Crippen LogP contribution in [0.2, 0.25) is 0 Å². The zero-order valence-electron chi connectivity index (χ0n) is 9.13. The Labute approximate surface area is 112 Å². The fraction of sp³-hybridized carbons (Fsp3) is 0. The molecule has 0 saturated heterocycles. The number of pyridine rings is 1. The molecule has 0 bridgehead atoms. The highest BCUT2D eigenvalue weighted by molar-refractivity contribution is 9.10. The van der Waals surface area contributed by atoms with Gasteiger partial charge in [-0.3, -0.25) is 4.79 Å². The first-order valence-electron chi connectivity index (χ1n) is 5.02. The number of aldehydes is 1. The fourth-order valence-electron chi connectivity index (χ4n) is 1.32.